The average molecular weight is 271 g/mol. The smallest absolute Gasteiger partial charge is 0.122 e. The van der Waals surface area contributed by atoms with E-state index >= 15 is 0 Å². The second-order valence-electron chi connectivity index (χ2n) is 4.75. The minimum absolute atomic E-state index is 0.576. The predicted octanol–water partition coefficient (Wildman–Crippen LogP) is 3.93. The summed E-state index contributed by atoms with van der Waals surface area (Å²) in [5.74, 6) is 2.72. The van der Waals surface area contributed by atoms with Crippen LogP contribution in [0.25, 0.3) is 0 Å². The van der Waals surface area contributed by atoms with E-state index in [4.69, 9.17) is 10.5 Å². The number of thioether (sulfide) groups is 1. The maximum absolute atomic E-state index is 5.70. The second-order valence-corrected chi connectivity index (χ2v) is 5.85. The minimum atomic E-state index is 0.576. The Balaban J connectivity index is 1.69. The number of nitrogens with two attached hydrogens (primary N) is 1. The molecule has 2 aromatic rings. The van der Waals surface area contributed by atoms with Crippen molar-refractivity contribution in [3.05, 3.63) is 54.1 Å². The van der Waals surface area contributed by atoms with Crippen LogP contribution in [-0.4, -0.2) is 12.4 Å². The third-order valence-electron chi connectivity index (χ3n) is 3.41. The Labute approximate surface area is 118 Å². The van der Waals surface area contributed by atoms with Crippen molar-refractivity contribution in [2.24, 2.45) is 0 Å². The number of ether oxygens (including phenoxy) is 1. The van der Waals surface area contributed by atoms with Crippen molar-refractivity contribution < 1.29 is 4.74 Å². The Kier molecular flexibility index (Phi) is 3.65. The van der Waals surface area contributed by atoms with Crippen molar-refractivity contribution in [2.75, 3.05) is 18.1 Å². The van der Waals surface area contributed by atoms with Crippen LogP contribution in [0.15, 0.2) is 53.4 Å². The fourth-order valence-electron chi connectivity index (χ4n) is 2.35. The summed E-state index contributed by atoms with van der Waals surface area (Å²) in [6.45, 7) is 0.823. The van der Waals surface area contributed by atoms with E-state index in [1.165, 1.54) is 10.5 Å². The number of hydrogen-bond donors (Lipinski definition) is 1. The zero-order valence-electron chi connectivity index (χ0n) is 10.7. The first-order valence-corrected chi connectivity index (χ1v) is 7.51. The summed E-state index contributed by atoms with van der Waals surface area (Å²) in [4.78, 5) is 1.28. The number of nitrogen functional groups attached to an aromatic ring is 1. The summed E-state index contributed by atoms with van der Waals surface area (Å²) in [6.07, 6.45) is 1.10. The van der Waals surface area contributed by atoms with Gasteiger partial charge in [0.15, 0.2) is 0 Å². The highest BCUT2D eigenvalue weighted by molar-refractivity contribution is 7.99. The lowest BCUT2D eigenvalue weighted by molar-refractivity contribution is 0.273. The van der Waals surface area contributed by atoms with Gasteiger partial charge in [-0.1, -0.05) is 18.2 Å². The quantitative estimate of drug-likeness (QED) is 0.678. The molecule has 98 valence electrons. The third-order valence-corrected chi connectivity index (χ3v) is 4.59. The van der Waals surface area contributed by atoms with Crippen LogP contribution >= 0.6 is 11.8 Å². The maximum Gasteiger partial charge on any atom is 0.122 e. The Bertz CT molecular complexity index is 553. The zero-order valence-corrected chi connectivity index (χ0v) is 11.5. The fourth-order valence-corrected chi connectivity index (χ4v) is 3.42. The van der Waals surface area contributed by atoms with E-state index in [0.29, 0.717) is 5.92 Å². The Morgan fingerprint density at radius 3 is 2.74 bits per heavy atom. The molecule has 1 unspecified atom stereocenters. The number of anilines is 1. The van der Waals surface area contributed by atoms with Gasteiger partial charge in [-0.3, -0.25) is 0 Å². The van der Waals surface area contributed by atoms with Gasteiger partial charge in [0.1, 0.15) is 5.75 Å². The van der Waals surface area contributed by atoms with Gasteiger partial charge in [0.2, 0.25) is 0 Å². The van der Waals surface area contributed by atoms with Gasteiger partial charge in [0.25, 0.3) is 0 Å². The molecule has 0 amide bonds. The van der Waals surface area contributed by atoms with Crippen LogP contribution in [0.3, 0.4) is 0 Å². The van der Waals surface area contributed by atoms with Crippen molar-refractivity contribution >= 4 is 17.4 Å². The van der Waals surface area contributed by atoms with Crippen molar-refractivity contribution in [3.8, 4) is 5.75 Å². The molecule has 0 bridgehead atoms. The SMILES string of the molecule is Nc1ccc(SCC2CCOc3ccccc32)cc1. The number of fused-ring (bicyclic) bond motifs is 1. The summed E-state index contributed by atoms with van der Waals surface area (Å²) >= 11 is 1.89. The largest absolute Gasteiger partial charge is 0.493 e. The normalized spacial score (nSPS) is 17.6. The number of benzene rings is 2. The van der Waals surface area contributed by atoms with Gasteiger partial charge >= 0.3 is 0 Å². The van der Waals surface area contributed by atoms with Gasteiger partial charge in [-0.15, -0.1) is 11.8 Å². The van der Waals surface area contributed by atoms with Gasteiger partial charge < -0.3 is 10.5 Å². The van der Waals surface area contributed by atoms with Crippen LogP contribution in [-0.2, 0) is 0 Å². The lowest BCUT2D eigenvalue weighted by Gasteiger charge is -2.25. The molecule has 0 radical (unpaired) electrons. The summed E-state index contributed by atoms with van der Waals surface area (Å²) in [5, 5.41) is 0. The fraction of sp³-hybridized carbons (Fsp3) is 0.250. The predicted molar refractivity (Wildman–Crippen MR) is 80.9 cm³/mol. The molecule has 3 heteroatoms. The highest BCUT2D eigenvalue weighted by atomic mass is 32.2. The molecule has 2 aromatic carbocycles. The highest BCUT2D eigenvalue weighted by Gasteiger charge is 2.20. The van der Waals surface area contributed by atoms with Crippen LogP contribution in [0.5, 0.6) is 5.75 Å². The summed E-state index contributed by atoms with van der Waals surface area (Å²) in [7, 11) is 0. The lowest BCUT2D eigenvalue weighted by atomic mass is 9.95. The van der Waals surface area contributed by atoms with E-state index in [9.17, 15) is 0 Å². The van der Waals surface area contributed by atoms with E-state index in [1.54, 1.807) is 0 Å². The highest BCUT2D eigenvalue weighted by Crippen LogP contribution is 2.36. The molecular weight excluding hydrogens is 254 g/mol. The number of hydrogen-bond acceptors (Lipinski definition) is 3. The molecule has 0 saturated heterocycles. The summed E-state index contributed by atoms with van der Waals surface area (Å²) in [5.41, 5.74) is 7.87. The molecule has 1 heterocycles. The molecule has 1 aliphatic rings. The molecule has 0 fully saturated rings. The molecule has 2 nitrogen and oxygen atoms in total. The molecule has 0 saturated carbocycles. The van der Waals surface area contributed by atoms with E-state index in [-0.39, 0.29) is 0 Å². The van der Waals surface area contributed by atoms with Crippen LogP contribution in [0, 0.1) is 0 Å². The van der Waals surface area contributed by atoms with Gasteiger partial charge in [-0.25, -0.2) is 0 Å². The van der Waals surface area contributed by atoms with Gasteiger partial charge in [-0.2, -0.15) is 0 Å². The zero-order chi connectivity index (χ0) is 13.1. The standard InChI is InChI=1S/C16H17NOS/c17-13-5-7-14(8-6-13)19-11-12-9-10-18-16-4-2-1-3-15(12)16/h1-8,12H,9-11,17H2. The molecule has 0 spiro atoms. The van der Waals surface area contributed by atoms with Crippen LogP contribution in [0.1, 0.15) is 17.9 Å². The minimum Gasteiger partial charge on any atom is -0.493 e. The first kappa shape index (κ1) is 12.4. The molecule has 0 aliphatic carbocycles. The van der Waals surface area contributed by atoms with Crippen molar-refractivity contribution in [1.29, 1.82) is 0 Å². The second kappa shape index (κ2) is 5.57. The van der Waals surface area contributed by atoms with Crippen LogP contribution in [0.2, 0.25) is 0 Å². The van der Waals surface area contributed by atoms with Crippen LogP contribution < -0.4 is 10.5 Å². The molecule has 3 rings (SSSR count). The van der Waals surface area contributed by atoms with E-state index in [2.05, 4.69) is 30.3 Å². The summed E-state index contributed by atoms with van der Waals surface area (Å²) < 4.78 is 5.70. The van der Waals surface area contributed by atoms with E-state index in [0.717, 1.165) is 30.2 Å². The summed E-state index contributed by atoms with van der Waals surface area (Å²) in [6, 6.07) is 16.5. The monoisotopic (exact) mass is 271 g/mol. The Morgan fingerprint density at radius 2 is 1.89 bits per heavy atom. The molecule has 19 heavy (non-hydrogen) atoms. The Hall–Kier alpha value is -1.61. The molecule has 1 atom stereocenters. The third kappa shape index (κ3) is 2.87. The van der Waals surface area contributed by atoms with Gasteiger partial charge in [0, 0.05) is 22.3 Å². The van der Waals surface area contributed by atoms with Crippen molar-refractivity contribution in [3.63, 3.8) is 0 Å². The number of rotatable bonds is 3. The van der Waals surface area contributed by atoms with E-state index in [1.807, 2.05) is 30.0 Å². The molecule has 0 aromatic heterocycles. The van der Waals surface area contributed by atoms with Crippen molar-refractivity contribution in [1.82, 2.24) is 0 Å². The van der Waals surface area contributed by atoms with Crippen LogP contribution in [0.4, 0.5) is 5.69 Å². The van der Waals surface area contributed by atoms with Gasteiger partial charge in [0.05, 0.1) is 6.61 Å². The topological polar surface area (TPSA) is 35.2 Å². The van der Waals surface area contributed by atoms with Gasteiger partial charge in [-0.05, 0) is 42.3 Å². The lowest BCUT2D eigenvalue weighted by Crippen LogP contribution is -2.15. The number of para-hydroxylation sites is 1. The molecule has 2 N–H and O–H groups in total. The van der Waals surface area contributed by atoms with Crippen molar-refractivity contribution in [2.45, 2.75) is 17.2 Å². The first-order valence-electron chi connectivity index (χ1n) is 6.53. The average Bonchev–Trinajstić information content (AvgIpc) is 2.47. The Morgan fingerprint density at radius 1 is 1.11 bits per heavy atom. The maximum atomic E-state index is 5.70. The molecule has 1 aliphatic heterocycles. The first-order chi connectivity index (χ1) is 9.33. The molecular formula is C16H17NOS. The van der Waals surface area contributed by atoms with E-state index < -0.39 is 0 Å².